The zero-order valence-electron chi connectivity index (χ0n) is 11.0. The van der Waals surface area contributed by atoms with Crippen LogP contribution in [0.15, 0.2) is 48.5 Å². The first-order valence-electron chi connectivity index (χ1n) is 6.12. The molecule has 2 rings (SSSR count). The average Bonchev–Trinajstić information content (AvgIpc) is 2.47. The van der Waals surface area contributed by atoms with Gasteiger partial charge in [-0.1, -0.05) is 30.0 Å². The Morgan fingerprint density at radius 2 is 2.00 bits per heavy atom. The Balaban J connectivity index is 2.03. The normalized spacial score (nSPS) is 9.43. The molecule has 21 heavy (non-hydrogen) atoms. The van der Waals surface area contributed by atoms with Gasteiger partial charge in [0.15, 0.2) is 0 Å². The standard InChI is InChI=1S/C16H12FNO3/c17-15-11-13(9-8-12(15)5-4-10-19)18-16(20)21-14-6-2-1-3-7-14/h1-3,6-9,11,19H,10H2,(H,18,20). The average molecular weight is 285 g/mol. The second-order valence-electron chi connectivity index (χ2n) is 3.98. The zero-order chi connectivity index (χ0) is 15.1. The number of ether oxygens (including phenoxy) is 1. The highest BCUT2D eigenvalue weighted by atomic mass is 19.1. The van der Waals surface area contributed by atoms with E-state index in [1.54, 1.807) is 30.3 Å². The van der Waals surface area contributed by atoms with E-state index in [-0.39, 0.29) is 17.9 Å². The number of aliphatic hydroxyl groups is 1. The van der Waals surface area contributed by atoms with Crippen molar-refractivity contribution in [1.82, 2.24) is 0 Å². The number of amides is 1. The van der Waals surface area contributed by atoms with Crippen molar-refractivity contribution in [2.45, 2.75) is 0 Å². The number of aliphatic hydroxyl groups excluding tert-OH is 1. The summed E-state index contributed by atoms with van der Waals surface area (Å²) in [5.74, 6) is 4.62. The van der Waals surface area contributed by atoms with E-state index >= 15 is 0 Å². The molecule has 2 aromatic rings. The molecule has 0 unspecified atom stereocenters. The molecule has 0 atom stereocenters. The van der Waals surface area contributed by atoms with Crippen LogP contribution in [0.5, 0.6) is 5.75 Å². The Labute approximate surface area is 121 Å². The molecule has 106 valence electrons. The Kier molecular flexibility index (Phi) is 4.91. The Morgan fingerprint density at radius 3 is 2.67 bits per heavy atom. The SMILES string of the molecule is O=C(Nc1ccc(C#CCO)c(F)c1)Oc1ccccc1. The van der Waals surface area contributed by atoms with Crippen LogP contribution >= 0.6 is 0 Å². The van der Waals surface area contributed by atoms with Crippen molar-refractivity contribution < 1.29 is 19.0 Å². The molecule has 0 saturated carbocycles. The lowest BCUT2D eigenvalue weighted by Crippen LogP contribution is -2.16. The molecule has 2 N–H and O–H groups in total. The van der Waals surface area contributed by atoms with Crippen LogP contribution in [0.3, 0.4) is 0 Å². The van der Waals surface area contributed by atoms with Crippen LogP contribution < -0.4 is 10.1 Å². The number of nitrogens with one attached hydrogen (secondary N) is 1. The smallest absolute Gasteiger partial charge is 0.410 e. The predicted molar refractivity (Wildman–Crippen MR) is 76.5 cm³/mol. The highest BCUT2D eigenvalue weighted by molar-refractivity contribution is 5.86. The maximum absolute atomic E-state index is 13.7. The van der Waals surface area contributed by atoms with Crippen LogP contribution in [0.2, 0.25) is 0 Å². The van der Waals surface area contributed by atoms with E-state index in [0.29, 0.717) is 5.75 Å². The first kappa shape index (κ1) is 14.6. The fourth-order valence-corrected chi connectivity index (χ4v) is 1.57. The summed E-state index contributed by atoms with van der Waals surface area (Å²) < 4.78 is 18.7. The van der Waals surface area contributed by atoms with Crippen molar-refractivity contribution in [3.63, 3.8) is 0 Å². The molecule has 0 aliphatic rings. The summed E-state index contributed by atoms with van der Waals surface area (Å²) >= 11 is 0. The van der Waals surface area contributed by atoms with Crippen molar-refractivity contribution in [2.24, 2.45) is 0 Å². The first-order chi connectivity index (χ1) is 10.2. The number of carbonyl (C=O) groups is 1. The number of hydrogen-bond donors (Lipinski definition) is 2. The monoisotopic (exact) mass is 285 g/mol. The summed E-state index contributed by atoms with van der Waals surface area (Å²) in [4.78, 5) is 11.6. The highest BCUT2D eigenvalue weighted by Gasteiger charge is 2.07. The van der Waals surface area contributed by atoms with Gasteiger partial charge in [0.2, 0.25) is 0 Å². The van der Waals surface area contributed by atoms with Gasteiger partial charge in [-0.3, -0.25) is 5.32 Å². The Morgan fingerprint density at radius 1 is 1.24 bits per heavy atom. The van der Waals surface area contributed by atoms with E-state index in [4.69, 9.17) is 9.84 Å². The highest BCUT2D eigenvalue weighted by Crippen LogP contribution is 2.15. The molecule has 4 nitrogen and oxygen atoms in total. The van der Waals surface area contributed by atoms with Crippen molar-refractivity contribution in [3.05, 3.63) is 59.9 Å². The van der Waals surface area contributed by atoms with Gasteiger partial charge in [0, 0.05) is 5.69 Å². The first-order valence-corrected chi connectivity index (χ1v) is 6.12. The van der Waals surface area contributed by atoms with Gasteiger partial charge in [0.25, 0.3) is 0 Å². The van der Waals surface area contributed by atoms with Crippen LogP contribution in [-0.2, 0) is 0 Å². The van der Waals surface area contributed by atoms with Crippen molar-refractivity contribution in [1.29, 1.82) is 0 Å². The molecular formula is C16H12FNO3. The maximum Gasteiger partial charge on any atom is 0.417 e. The van der Waals surface area contributed by atoms with E-state index in [2.05, 4.69) is 17.2 Å². The van der Waals surface area contributed by atoms with Crippen LogP contribution in [0, 0.1) is 17.7 Å². The summed E-state index contributed by atoms with van der Waals surface area (Å²) in [6.07, 6.45) is -0.713. The Bertz CT molecular complexity index is 690. The van der Waals surface area contributed by atoms with Gasteiger partial charge in [0.1, 0.15) is 18.2 Å². The van der Waals surface area contributed by atoms with Gasteiger partial charge in [0.05, 0.1) is 5.56 Å². The molecule has 0 aliphatic carbocycles. The topological polar surface area (TPSA) is 58.6 Å². The molecule has 0 saturated heterocycles. The largest absolute Gasteiger partial charge is 0.417 e. The lowest BCUT2D eigenvalue weighted by atomic mass is 10.2. The lowest BCUT2D eigenvalue weighted by molar-refractivity contribution is 0.215. The van der Waals surface area contributed by atoms with E-state index < -0.39 is 11.9 Å². The van der Waals surface area contributed by atoms with E-state index in [1.807, 2.05) is 0 Å². The van der Waals surface area contributed by atoms with Crippen LogP contribution in [0.4, 0.5) is 14.9 Å². The number of para-hydroxylation sites is 1. The Hall–Kier alpha value is -2.84. The fraction of sp³-hybridized carbons (Fsp3) is 0.0625. The van der Waals surface area contributed by atoms with E-state index in [0.717, 1.165) is 6.07 Å². The maximum atomic E-state index is 13.7. The summed E-state index contributed by atoms with van der Waals surface area (Å²) in [5.41, 5.74) is 0.397. The quantitative estimate of drug-likeness (QED) is 0.834. The number of hydrogen-bond acceptors (Lipinski definition) is 3. The third kappa shape index (κ3) is 4.34. The van der Waals surface area contributed by atoms with Crippen LogP contribution in [-0.4, -0.2) is 17.8 Å². The third-order valence-electron chi connectivity index (χ3n) is 2.47. The molecule has 0 bridgehead atoms. The van der Waals surface area contributed by atoms with E-state index in [1.165, 1.54) is 12.1 Å². The number of halogens is 1. The fourth-order valence-electron chi connectivity index (χ4n) is 1.57. The molecule has 0 radical (unpaired) electrons. The predicted octanol–water partition coefficient (Wildman–Crippen LogP) is 2.78. The third-order valence-corrected chi connectivity index (χ3v) is 2.47. The second-order valence-corrected chi connectivity index (χ2v) is 3.98. The zero-order valence-corrected chi connectivity index (χ0v) is 11.0. The number of anilines is 1. The molecule has 0 spiro atoms. The molecule has 0 heterocycles. The van der Waals surface area contributed by atoms with Gasteiger partial charge < -0.3 is 9.84 Å². The second kappa shape index (κ2) is 7.08. The molecule has 0 aliphatic heterocycles. The van der Waals surface area contributed by atoms with Crippen molar-refractivity contribution in [3.8, 4) is 17.6 Å². The van der Waals surface area contributed by atoms with E-state index in [9.17, 15) is 9.18 Å². The molecular weight excluding hydrogens is 273 g/mol. The van der Waals surface area contributed by atoms with Gasteiger partial charge >= 0.3 is 6.09 Å². The summed E-state index contributed by atoms with van der Waals surface area (Å²) in [6, 6.07) is 12.6. The summed E-state index contributed by atoms with van der Waals surface area (Å²) in [7, 11) is 0. The molecule has 0 fully saturated rings. The van der Waals surface area contributed by atoms with Gasteiger partial charge in [-0.15, -0.1) is 0 Å². The molecule has 1 amide bonds. The minimum absolute atomic E-state index is 0.144. The van der Waals surface area contributed by atoms with Gasteiger partial charge in [-0.25, -0.2) is 9.18 Å². The minimum Gasteiger partial charge on any atom is -0.410 e. The molecule has 5 heteroatoms. The number of rotatable bonds is 2. The van der Waals surface area contributed by atoms with Crippen LogP contribution in [0.1, 0.15) is 5.56 Å². The van der Waals surface area contributed by atoms with Crippen molar-refractivity contribution >= 4 is 11.8 Å². The molecule has 0 aromatic heterocycles. The minimum atomic E-state index is -0.713. The van der Waals surface area contributed by atoms with Gasteiger partial charge in [-0.05, 0) is 30.3 Å². The van der Waals surface area contributed by atoms with Crippen LogP contribution in [0.25, 0.3) is 0 Å². The number of benzene rings is 2. The number of carbonyl (C=O) groups excluding carboxylic acids is 1. The molecule has 2 aromatic carbocycles. The summed E-state index contributed by atoms with van der Waals surface area (Å²) in [6.45, 7) is -0.344. The lowest BCUT2D eigenvalue weighted by Gasteiger charge is -2.07. The summed E-state index contributed by atoms with van der Waals surface area (Å²) in [5, 5.41) is 11.0. The van der Waals surface area contributed by atoms with Gasteiger partial charge in [-0.2, -0.15) is 0 Å². The van der Waals surface area contributed by atoms with Crippen molar-refractivity contribution in [2.75, 3.05) is 11.9 Å².